The van der Waals surface area contributed by atoms with Gasteiger partial charge in [-0.05, 0) is 25.1 Å². The Balaban J connectivity index is 1.74. The number of halogens is 3. The number of hydrogen-bond donors (Lipinski definition) is 1. The number of aromatic nitrogens is 2. The predicted octanol–water partition coefficient (Wildman–Crippen LogP) is 4.29. The number of carboxylic acid groups (broad SMARTS) is 1. The van der Waals surface area contributed by atoms with Crippen molar-refractivity contribution in [2.45, 2.75) is 24.4 Å². The molecule has 33 heavy (non-hydrogen) atoms. The molecule has 3 heterocycles. The van der Waals surface area contributed by atoms with Gasteiger partial charge in [-0.25, -0.2) is 18.4 Å². The van der Waals surface area contributed by atoms with E-state index in [9.17, 15) is 23.5 Å². The van der Waals surface area contributed by atoms with E-state index < -0.39 is 23.4 Å². The second-order valence-electron chi connectivity index (χ2n) is 8.07. The highest BCUT2D eigenvalue weighted by Crippen LogP contribution is 2.46. The molecule has 1 amide bonds. The number of carbonyl (C=O) groups is 1. The van der Waals surface area contributed by atoms with Crippen LogP contribution in [-0.4, -0.2) is 57.1 Å². The molecule has 2 aromatic carbocycles. The van der Waals surface area contributed by atoms with E-state index in [1.165, 1.54) is 28.8 Å². The largest absolute Gasteiger partial charge is 0.465 e. The van der Waals surface area contributed by atoms with Gasteiger partial charge in [0.05, 0.1) is 10.5 Å². The number of hydrogen-bond acceptors (Lipinski definition) is 5. The van der Waals surface area contributed by atoms with E-state index in [0.29, 0.717) is 46.0 Å². The summed E-state index contributed by atoms with van der Waals surface area (Å²) in [6.45, 7) is 3.23. The standard InChI is InChI=1S/C22H19ClF2N4O3S/c1-11-10-27(22(31)32)4-5-28(11)20-14-9-15(23)17(13-3-2-12(24)8-16(13)25)19-18(14)29(6-7-33-19)21(30)26-20/h2-3,8-9,11H,4-7,10H2,1H3,(H,31,32)/t11-/m1/s1. The van der Waals surface area contributed by atoms with Crippen LogP contribution in [0, 0.1) is 11.6 Å². The Bertz CT molecular complexity index is 1370. The van der Waals surface area contributed by atoms with Crippen molar-refractivity contribution in [1.29, 1.82) is 0 Å². The molecular formula is C22H19ClF2N4O3S. The quantitative estimate of drug-likeness (QED) is 0.575. The molecule has 2 aliphatic heterocycles. The SMILES string of the molecule is C[C@@H]1CN(C(=O)O)CCN1c1nc(=O)n2c3c(c(-c4ccc(F)cc4F)c(Cl)cc13)SCC2. The molecule has 0 radical (unpaired) electrons. The van der Waals surface area contributed by atoms with Gasteiger partial charge in [0.15, 0.2) is 0 Å². The highest BCUT2D eigenvalue weighted by molar-refractivity contribution is 7.99. The molecule has 11 heteroatoms. The summed E-state index contributed by atoms with van der Waals surface area (Å²) in [6, 6.07) is 4.78. The fourth-order valence-electron chi connectivity index (χ4n) is 4.56. The van der Waals surface area contributed by atoms with Gasteiger partial charge < -0.3 is 14.9 Å². The molecule has 172 valence electrons. The molecule has 1 N–H and O–H groups in total. The number of anilines is 1. The molecule has 1 atom stereocenters. The Kier molecular flexibility index (Phi) is 5.44. The van der Waals surface area contributed by atoms with Crippen LogP contribution in [0.3, 0.4) is 0 Å². The normalized spacial score (nSPS) is 18.1. The molecule has 7 nitrogen and oxygen atoms in total. The first-order chi connectivity index (χ1) is 15.8. The van der Waals surface area contributed by atoms with Crippen LogP contribution in [-0.2, 0) is 6.54 Å². The summed E-state index contributed by atoms with van der Waals surface area (Å²) in [5, 5.41) is 10.2. The van der Waals surface area contributed by atoms with E-state index in [2.05, 4.69) is 4.98 Å². The average Bonchev–Trinajstić information content (AvgIpc) is 2.77. The second-order valence-corrected chi connectivity index (χ2v) is 9.58. The summed E-state index contributed by atoms with van der Waals surface area (Å²) in [5.41, 5.74) is 0.755. The summed E-state index contributed by atoms with van der Waals surface area (Å²) in [5.74, 6) is -0.416. The van der Waals surface area contributed by atoms with Gasteiger partial charge in [-0.2, -0.15) is 4.98 Å². The third-order valence-corrected chi connectivity index (χ3v) is 7.45. The summed E-state index contributed by atoms with van der Waals surface area (Å²) >= 11 is 8.13. The van der Waals surface area contributed by atoms with Crippen molar-refractivity contribution in [3.05, 3.63) is 51.4 Å². The van der Waals surface area contributed by atoms with Crippen LogP contribution in [0.25, 0.3) is 22.0 Å². The maximum absolute atomic E-state index is 14.7. The molecule has 1 aromatic heterocycles. The van der Waals surface area contributed by atoms with Gasteiger partial charge in [0.25, 0.3) is 0 Å². The number of benzene rings is 2. The predicted molar refractivity (Wildman–Crippen MR) is 123 cm³/mol. The van der Waals surface area contributed by atoms with Crippen LogP contribution < -0.4 is 10.6 Å². The topological polar surface area (TPSA) is 78.7 Å². The monoisotopic (exact) mass is 492 g/mol. The molecule has 0 spiro atoms. The first-order valence-corrected chi connectivity index (χ1v) is 11.7. The van der Waals surface area contributed by atoms with Crippen molar-refractivity contribution in [2.75, 3.05) is 30.3 Å². The third kappa shape index (κ3) is 3.61. The lowest BCUT2D eigenvalue weighted by Gasteiger charge is -2.40. The summed E-state index contributed by atoms with van der Waals surface area (Å²) < 4.78 is 29.8. The van der Waals surface area contributed by atoms with Crippen LogP contribution in [0.1, 0.15) is 6.92 Å². The molecular weight excluding hydrogens is 474 g/mol. The van der Waals surface area contributed by atoms with Crippen molar-refractivity contribution in [3.8, 4) is 11.1 Å². The molecule has 1 fully saturated rings. The van der Waals surface area contributed by atoms with Crippen LogP contribution in [0.4, 0.5) is 19.4 Å². The van der Waals surface area contributed by atoms with Crippen molar-refractivity contribution in [2.24, 2.45) is 0 Å². The van der Waals surface area contributed by atoms with E-state index >= 15 is 0 Å². The average molecular weight is 493 g/mol. The van der Waals surface area contributed by atoms with Gasteiger partial charge in [0.1, 0.15) is 17.5 Å². The number of aryl methyl sites for hydroxylation is 1. The zero-order chi connectivity index (χ0) is 23.4. The number of rotatable bonds is 2. The molecule has 1 saturated heterocycles. The number of piperazine rings is 1. The van der Waals surface area contributed by atoms with Gasteiger partial charge in [0, 0.05) is 65.4 Å². The number of nitrogens with zero attached hydrogens (tertiary/aromatic N) is 4. The van der Waals surface area contributed by atoms with Gasteiger partial charge in [-0.15, -0.1) is 11.8 Å². The lowest BCUT2D eigenvalue weighted by atomic mass is 10.0. The summed E-state index contributed by atoms with van der Waals surface area (Å²) in [7, 11) is 0. The second kappa shape index (κ2) is 8.18. The van der Waals surface area contributed by atoms with Crippen LogP contribution in [0.15, 0.2) is 34.0 Å². The Morgan fingerprint density at radius 3 is 2.73 bits per heavy atom. The van der Waals surface area contributed by atoms with Crippen LogP contribution in [0.2, 0.25) is 5.02 Å². The van der Waals surface area contributed by atoms with E-state index in [4.69, 9.17) is 11.6 Å². The molecule has 0 aliphatic carbocycles. The molecule has 0 saturated carbocycles. The highest BCUT2D eigenvalue weighted by atomic mass is 35.5. The highest BCUT2D eigenvalue weighted by Gasteiger charge is 2.31. The molecule has 3 aromatic rings. The van der Waals surface area contributed by atoms with E-state index in [1.807, 2.05) is 11.8 Å². The minimum Gasteiger partial charge on any atom is -0.465 e. The van der Waals surface area contributed by atoms with E-state index in [-0.39, 0.29) is 29.7 Å². The lowest BCUT2D eigenvalue weighted by Crippen LogP contribution is -2.54. The lowest BCUT2D eigenvalue weighted by molar-refractivity contribution is 0.136. The molecule has 0 unspecified atom stereocenters. The van der Waals surface area contributed by atoms with Crippen molar-refractivity contribution in [3.63, 3.8) is 0 Å². The van der Waals surface area contributed by atoms with Gasteiger partial charge in [0.2, 0.25) is 0 Å². The third-order valence-electron chi connectivity index (χ3n) is 6.08. The minimum atomic E-state index is -0.989. The van der Waals surface area contributed by atoms with Crippen LogP contribution >= 0.6 is 23.4 Å². The Morgan fingerprint density at radius 1 is 1.24 bits per heavy atom. The van der Waals surface area contributed by atoms with E-state index in [1.54, 1.807) is 10.6 Å². The summed E-state index contributed by atoms with van der Waals surface area (Å²) in [4.78, 5) is 32.6. The fourth-order valence-corrected chi connectivity index (χ4v) is 6.12. The Hall–Kier alpha value is -2.85. The van der Waals surface area contributed by atoms with Gasteiger partial charge in [-0.1, -0.05) is 11.6 Å². The van der Waals surface area contributed by atoms with Gasteiger partial charge >= 0.3 is 11.8 Å². The summed E-state index contributed by atoms with van der Waals surface area (Å²) in [6.07, 6.45) is -0.989. The van der Waals surface area contributed by atoms with Crippen LogP contribution in [0.5, 0.6) is 0 Å². The smallest absolute Gasteiger partial charge is 0.407 e. The minimum absolute atomic E-state index is 0.161. The van der Waals surface area contributed by atoms with Crippen molar-refractivity contribution < 1.29 is 18.7 Å². The Morgan fingerprint density at radius 2 is 2.03 bits per heavy atom. The maximum atomic E-state index is 14.7. The fraction of sp³-hybridized carbons (Fsp3) is 0.318. The first kappa shape index (κ1) is 22.0. The zero-order valence-corrected chi connectivity index (χ0v) is 19.1. The van der Waals surface area contributed by atoms with E-state index in [0.717, 1.165) is 6.07 Å². The van der Waals surface area contributed by atoms with Crippen molar-refractivity contribution >= 4 is 46.2 Å². The molecule has 0 bridgehead atoms. The zero-order valence-electron chi connectivity index (χ0n) is 17.5. The maximum Gasteiger partial charge on any atom is 0.407 e. The molecule has 2 aliphatic rings. The van der Waals surface area contributed by atoms with Crippen molar-refractivity contribution in [1.82, 2.24) is 14.5 Å². The first-order valence-electron chi connectivity index (χ1n) is 10.4. The Labute approximate surface area is 196 Å². The number of amides is 1. The molecule has 5 rings (SSSR count). The van der Waals surface area contributed by atoms with Gasteiger partial charge in [-0.3, -0.25) is 4.57 Å². The number of thioether (sulfide) groups is 1.